The largest absolute Gasteiger partial charge is 0.372 e. The van der Waals surface area contributed by atoms with Crippen molar-refractivity contribution >= 4 is 11.7 Å². The van der Waals surface area contributed by atoms with Crippen LogP contribution in [0.25, 0.3) is 0 Å². The van der Waals surface area contributed by atoms with Crippen molar-refractivity contribution in [2.24, 2.45) is 0 Å². The van der Waals surface area contributed by atoms with E-state index < -0.39 is 0 Å². The lowest BCUT2D eigenvalue weighted by Crippen LogP contribution is -2.48. The molecule has 2 atom stereocenters. The Morgan fingerprint density at radius 2 is 2.19 bits per heavy atom. The van der Waals surface area contributed by atoms with Crippen LogP contribution in [-0.2, 0) is 9.53 Å². The molecule has 7 heteroatoms. The first-order valence-corrected chi connectivity index (χ1v) is 6.74. The summed E-state index contributed by atoms with van der Waals surface area (Å²) < 4.78 is 10.5. The Kier molecular flexibility index (Phi) is 4.60. The van der Waals surface area contributed by atoms with Crippen LogP contribution in [0.5, 0.6) is 0 Å². The second kappa shape index (κ2) is 6.41. The van der Waals surface area contributed by atoms with Gasteiger partial charge in [-0.2, -0.15) is 5.26 Å². The van der Waals surface area contributed by atoms with Gasteiger partial charge in [-0.05, 0) is 20.8 Å². The molecule has 1 fully saturated rings. The Bertz CT molecular complexity index is 577. The fourth-order valence-corrected chi connectivity index (χ4v) is 2.24. The number of anilines is 1. The molecule has 0 saturated carbocycles. The predicted octanol–water partition coefficient (Wildman–Crippen LogP) is 1.44. The molecule has 1 aromatic heterocycles. The first-order valence-electron chi connectivity index (χ1n) is 6.74. The van der Waals surface area contributed by atoms with E-state index in [0.29, 0.717) is 24.7 Å². The normalized spacial score (nSPS) is 22.8. The Labute approximate surface area is 123 Å². The van der Waals surface area contributed by atoms with Crippen molar-refractivity contribution in [3.05, 3.63) is 23.6 Å². The van der Waals surface area contributed by atoms with Crippen LogP contribution in [-0.4, -0.2) is 41.3 Å². The van der Waals surface area contributed by atoms with Gasteiger partial charge in [0.05, 0.1) is 12.2 Å². The third-order valence-corrected chi connectivity index (χ3v) is 3.05. The minimum absolute atomic E-state index is 0.0250. The summed E-state index contributed by atoms with van der Waals surface area (Å²) >= 11 is 0. The molecule has 0 bridgehead atoms. The van der Waals surface area contributed by atoms with Gasteiger partial charge < -0.3 is 19.5 Å². The molecule has 21 heavy (non-hydrogen) atoms. The molecule has 1 N–H and O–H groups in total. The van der Waals surface area contributed by atoms with Crippen molar-refractivity contribution in [1.29, 1.82) is 5.26 Å². The Morgan fingerprint density at radius 1 is 1.52 bits per heavy atom. The third-order valence-electron chi connectivity index (χ3n) is 3.05. The van der Waals surface area contributed by atoms with E-state index in [1.807, 2.05) is 19.9 Å². The molecule has 1 aliphatic heterocycles. The van der Waals surface area contributed by atoms with Crippen LogP contribution in [0.1, 0.15) is 19.6 Å². The molecule has 1 aliphatic rings. The van der Waals surface area contributed by atoms with Gasteiger partial charge in [-0.15, -0.1) is 0 Å². The topological polar surface area (TPSA) is 91.4 Å². The van der Waals surface area contributed by atoms with Gasteiger partial charge in [0.15, 0.2) is 5.82 Å². The minimum atomic E-state index is -0.313. The van der Waals surface area contributed by atoms with E-state index in [-0.39, 0.29) is 23.7 Å². The molecular formula is C14H18N4O3. The zero-order valence-corrected chi connectivity index (χ0v) is 12.3. The molecule has 0 spiro atoms. The molecule has 112 valence electrons. The summed E-state index contributed by atoms with van der Waals surface area (Å²) in [6.07, 6.45) is 1.28. The number of aromatic nitrogens is 1. The van der Waals surface area contributed by atoms with Crippen molar-refractivity contribution < 1.29 is 14.1 Å². The molecule has 0 radical (unpaired) electrons. The van der Waals surface area contributed by atoms with Gasteiger partial charge in [0.25, 0.3) is 5.91 Å². The number of rotatable bonds is 3. The number of carbonyl (C=O) groups is 1. The lowest BCUT2D eigenvalue weighted by Gasteiger charge is -2.35. The highest BCUT2D eigenvalue weighted by molar-refractivity contribution is 5.97. The zero-order valence-electron chi connectivity index (χ0n) is 12.3. The van der Waals surface area contributed by atoms with E-state index in [9.17, 15) is 4.79 Å². The van der Waals surface area contributed by atoms with Crippen LogP contribution in [0.15, 0.2) is 22.4 Å². The maximum atomic E-state index is 12.3. The second-order valence-electron chi connectivity index (χ2n) is 5.10. The number of hydrogen-bond acceptors (Lipinski definition) is 6. The number of hydrogen-bond donors (Lipinski definition) is 1. The van der Waals surface area contributed by atoms with Crippen LogP contribution in [0, 0.1) is 18.3 Å². The lowest BCUT2D eigenvalue weighted by atomic mass is 10.2. The quantitative estimate of drug-likeness (QED) is 0.669. The average molecular weight is 290 g/mol. The molecule has 2 rings (SSSR count). The summed E-state index contributed by atoms with van der Waals surface area (Å²) in [7, 11) is 0. The van der Waals surface area contributed by atoms with E-state index in [1.165, 1.54) is 6.20 Å². The Morgan fingerprint density at radius 3 is 2.71 bits per heavy atom. The third kappa shape index (κ3) is 3.83. The zero-order chi connectivity index (χ0) is 15.4. The van der Waals surface area contributed by atoms with Crippen LogP contribution in [0.3, 0.4) is 0 Å². The predicted molar refractivity (Wildman–Crippen MR) is 75.1 cm³/mol. The summed E-state index contributed by atoms with van der Waals surface area (Å²) in [4.78, 5) is 14.0. The molecule has 0 aliphatic carbocycles. The number of nitrogens with one attached hydrogen (secondary N) is 1. The molecule has 2 heterocycles. The number of morpholine rings is 1. The Balaban J connectivity index is 2.06. The monoisotopic (exact) mass is 290 g/mol. The van der Waals surface area contributed by atoms with Gasteiger partial charge in [-0.3, -0.25) is 4.79 Å². The van der Waals surface area contributed by atoms with Crippen molar-refractivity contribution in [2.75, 3.05) is 18.4 Å². The number of ether oxygens (including phenoxy) is 1. The van der Waals surface area contributed by atoms with E-state index in [4.69, 9.17) is 14.5 Å². The first-order chi connectivity index (χ1) is 9.99. The molecule has 2 unspecified atom stereocenters. The Hall–Kier alpha value is -2.33. The van der Waals surface area contributed by atoms with Gasteiger partial charge in [-0.25, -0.2) is 0 Å². The highest BCUT2D eigenvalue weighted by Crippen LogP contribution is 2.14. The molecule has 0 aromatic carbocycles. The van der Waals surface area contributed by atoms with Gasteiger partial charge in [0.2, 0.25) is 0 Å². The van der Waals surface area contributed by atoms with Crippen LogP contribution >= 0.6 is 0 Å². The summed E-state index contributed by atoms with van der Waals surface area (Å²) in [6, 6.07) is 3.59. The van der Waals surface area contributed by atoms with E-state index in [2.05, 4.69) is 10.5 Å². The summed E-state index contributed by atoms with van der Waals surface area (Å²) in [5.74, 6) is 0.788. The van der Waals surface area contributed by atoms with E-state index >= 15 is 0 Å². The lowest BCUT2D eigenvalue weighted by molar-refractivity contribution is -0.138. The summed E-state index contributed by atoms with van der Waals surface area (Å²) in [5, 5.41) is 15.7. The summed E-state index contributed by atoms with van der Waals surface area (Å²) in [6.45, 7) is 6.52. The van der Waals surface area contributed by atoms with Gasteiger partial charge in [0, 0.05) is 25.4 Å². The van der Waals surface area contributed by atoms with Crippen molar-refractivity contribution in [2.45, 2.75) is 33.0 Å². The number of nitrogens with zero attached hydrogens (tertiary/aromatic N) is 3. The number of carbonyl (C=O) groups excluding carboxylic acids is 1. The minimum Gasteiger partial charge on any atom is -0.372 e. The molecule has 1 aromatic rings. The SMILES string of the molecule is Cc1cc(N/C=C(/C#N)C(=O)N2CC(C)OC(C)C2)no1. The van der Waals surface area contributed by atoms with Gasteiger partial charge in [-0.1, -0.05) is 5.16 Å². The highest BCUT2D eigenvalue weighted by atomic mass is 16.5. The fraction of sp³-hybridized carbons (Fsp3) is 0.500. The van der Waals surface area contributed by atoms with E-state index in [1.54, 1.807) is 17.9 Å². The second-order valence-corrected chi connectivity index (χ2v) is 5.10. The van der Waals surface area contributed by atoms with Gasteiger partial charge in [0.1, 0.15) is 17.4 Å². The van der Waals surface area contributed by atoms with E-state index in [0.717, 1.165) is 0 Å². The maximum Gasteiger partial charge on any atom is 0.266 e. The number of amides is 1. The number of nitriles is 1. The molecular weight excluding hydrogens is 272 g/mol. The first kappa shape index (κ1) is 15.1. The van der Waals surface area contributed by atoms with Crippen molar-refractivity contribution in [3.8, 4) is 6.07 Å². The molecule has 7 nitrogen and oxygen atoms in total. The van der Waals surface area contributed by atoms with Crippen molar-refractivity contribution in [3.63, 3.8) is 0 Å². The fourth-order valence-electron chi connectivity index (χ4n) is 2.24. The standard InChI is InChI=1S/C14H18N4O3/c1-9-4-13(17-21-9)16-6-12(5-15)14(19)18-7-10(2)20-11(3)8-18/h4,6,10-11H,7-8H2,1-3H3,(H,16,17)/b12-6-. The van der Waals surface area contributed by atoms with Gasteiger partial charge >= 0.3 is 0 Å². The number of aryl methyl sites for hydroxylation is 1. The molecule has 1 amide bonds. The molecule has 1 saturated heterocycles. The summed E-state index contributed by atoms with van der Waals surface area (Å²) in [5.41, 5.74) is 0.0250. The van der Waals surface area contributed by atoms with Crippen LogP contribution in [0.2, 0.25) is 0 Å². The highest BCUT2D eigenvalue weighted by Gasteiger charge is 2.27. The smallest absolute Gasteiger partial charge is 0.266 e. The van der Waals surface area contributed by atoms with Crippen molar-refractivity contribution in [1.82, 2.24) is 10.1 Å². The van der Waals surface area contributed by atoms with Crippen LogP contribution in [0.4, 0.5) is 5.82 Å². The maximum absolute atomic E-state index is 12.3. The van der Waals surface area contributed by atoms with Crippen LogP contribution < -0.4 is 5.32 Å². The average Bonchev–Trinajstić information content (AvgIpc) is 2.84.